The van der Waals surface area contributed by atoms with Gasteiger partial charge in [-0.3, -0.25) is 9.59 Å². The molecule has 0 saturated carbocycles. The van der Waals surface area contributed by atoms with Crippen LogP contribution in [-0.4, -0.2) is 52.1 Å². The highest BCUT2D eigenvalue weighted by atomic mass is 16.4. The van der Waals surface area contributed by atoms with Crippen LogP contribution in [0.5, 0.6) is 0 Å². The van der Waals surface area contributed by atoms with Crippen molar-refractivity contribution in [2.24, 2.45) is 0 Å². The van der Waals surface area contributed by atoms with Crippen LogP contribution >= 0.6 is 0 Å². The lowest BCUT2D eigenvalue weighted by Crippen LogP contribution is -2.04. The van der Waals surface area contributed by atoms with Gasteiger partial charge in [0.1, 0.15) is 0 Å². The Bertz CT molecular complexity index is 1460. The predicted molar refractivity (Wildman–Crippen MR) is 157 cm³/mol. The lowest BCUT2D eigenvalue weighted by Gasteiger charge is -2.00. The third-order valence-corrected chi connectivity index (χ3v) is 5.14. The Morgan fingerprint density at radius 2 is 0.762 bits per heavy atom. The Kier molecular flexibility index (Phi) is 10.7. The molecule has 14 heteroatoms. The van der Waals surface area contributed by atoms with Crippen molar-refractivity contribution >= 4 is 35.7 Å². The highest BCUT2D eigenvalue weighted by Crippen LogP contribution is 2.16. The van der Waals surface area contributed by atoms with Crippen LogP contribution in [0.15, 0.2) is 84.9 Å². The second kappa shape index (κ2) is 14.8. The number of nitrogens with zero attached hydrogens (tertiary/aromatic N) is 6. The minimum atomic E-state index is -0.893. The number of nitrogen functional groups attached to an aromatic ring is 4. The van der Waals surface area contributed by atoms with E-state index in [0.717, 1.165) is 11.1 Å². The van der Waals surface area contributed by atoms with Gasteiger partial charge in [-0.15, -0.1) is 0 Å². The smallest absolute Gasteiger partial charge is 0.307 e. The van der Waals surface area contributed by atoms with Gasteiger partial charge in [0.15, 0.2) is 11.6 Å². The molecule has 0 aliphatic rings. The fourth-order valence-electron chi connectivity index (χ4n) is 3.38. The molecule has 0 unspecified atom stereocenters. The summed E-state index contributed by atoms with van der Waals surface area (Å²) in [6, 6.07) is 25.5. The van der Waals surface area contributed by atoms with Crippen molar-refractivity contribution in [3.8, 4) is 22.8 Å². The van der Waals surface area contributed by atoms with E-state index in [-0.39, 0.29) is 36.6 Å². The van der Waals surface area contributed by atoms with Crippen molar-refractivity contribution in [1.82, 2.24) is 29.9 Å². The molecule has 0 aliphatic heterocycles. The molecule has 0 spiro atoms. The van der Waals surface area contributed by atoms with Gasteiger partial charge >= 0.3 is 11.9 Å². The molecule has 14 nitrogen and oxygen atoms in total. The highest BCUT2D eigenvalue weighted by Gasteiger charge is 2.05. The van der Waals surface area contributed by atoms with E-state index in [0.29, 0.717) is 22.8 Å². The molecule has 0 radical (unpaired) electrons. The Labute approximate surface area is 240 Å². The zero-order valence-electron chi connectivity index (χ0n) is 22.2. The second-order valence-electron chi connectivity index (χ2n) is 8.44. The van der Waals surface area contributed by atoms with Gasteiger partial charge in [0.05, 0.1) is 12.8 Å². The molecule has 10 N–H and O–H groups in total. The average Bonchev–Trinajstić information content (AvgIpc) is 2.94. The topological polar surface area (TPSA) is 256 Å². The van der Waals surface area contributed by atoms with Gasteiger partial charge in [-0.05, 0) is 11.1 Å². The summed E-state index contributed by atoms with van der Waals surface area (Å²) in [4.78, 5) is 44.0. The molecule has 0 fully saturated rings. The maximum absolute atomic E-state index is 10.3. The first-order valence-corrected chi connectivity index (χ1v) is 12.3. The normalized spacial score (nSPS) is 9.90. The van der Waals surface area contributed by atoms with Crippen LogP contribution in [0, 0.1) is 0 Å². The molecule has 2 aromatic heterocycles. The van der Waals surface area contributed by atoms with E-state index in [1.54, 1.807) is 24.3 Å². The van der Waals surface area contributed by atoms with E-state index >= 15 is 0 Å². The first kappa shape index (κ1) is 30.4. The zero-order valence-corrected chi connectivity index (χ0v) is 22.2. The fourth-order valence-corrected chi connectivity index (χ4v) is 3.38. The largest absolute Gasteiger partial charge is 0.481 e. The Hall–Kier alpha value is -6.18. The number of carboxylic acid groups (broad SMARTS) is 2. The number of carboxylic acids is 2. The van der Waals surface area contributed by atoms with E-state index in [4.69, 9.17) is 33.1 Å². The van der Waals surface area contributed by atoms with Crippen LogP contribution in [0.4, 0.5) is 23.8 Å². The van der Waals surface area contributed by atoms with E-state index in [1.165, 1.54) is 0 Å². The standard InChI is InChI=1S/C10H10O4.2C9H9N5/c11-9(12)5-7-1-2-8(4-3-7)6-10(13)14;2*10-8-12-7(13-9(11)14-8)6-4-2-1-3-5-6/h1-4H,5-6H2,(H,11,12)(H,13,14);2*1-5H,(H4,10,11,12,13,14). The summed E-state index contributed by atoms with van der Waals surface area (Å²) in [5.41, 5.74) is 24.9. The van der Waals surface area contributed by atoms with E-state index in [9.17, 15) is 9.59 Å². The van der Waals surface area contributed by atoms with Gasteiger partial charge in [-0.1, -0.05) is 84.9 Å². The lowest BCUT2D eigenvalue weighted by molar-refractivity contribution is -0.137. The second-order valence-corrected chi connectivity index (χ2v) is 8.44. The molecule has 5 rings (SSSR count). The molecule has 0 amide bonds. The number of benzene rings is 3. The third-order valence-electron chi connectivity index (χ3n) is 5.14. The molecule has 5 aromatic rings. The number of nitrogens with two attached hydrogens (primary N) is 4. The molecule has 2 heterocycles. The van der Waals surface area contributed by atoms with Crippen LogP contribution in [0.1, 0.15) is 11.1 Å². The van der Waals surface area contributed by atoms with Crippen molar-refractivity contribution in [3.63, 3.8) is 0 Å². The quantitative estimate of drug-likeness (QED) is 0.172. The van der Waals surface area contributed by atoms with Crippen LogP contribution in [0.2, 0.25) is 0 Å². The van der Waals surface area contributed by atoms with Crippen molar-refractivity contribution in [2.45, 2.75) is 12.8 Å². The van der Waals surface area contributed by atoms with Crippen molar-refractivity contribution in [3.05, 3.63) is 96.1 Å². The summed E-state index contributed by atoms with van der Waals surface area (Å²) >= 11 is 0. The SMILES string of the molecule is Nc1nc(N)nc(-c2ccccc2)n1.Nc1nc(N)nc(-c2ccccc2)n1.O=C(O)Cc1ccc(CC(=O)O)cc1. The first-order valence-electron chi connectivity index (χ1n) is 12.3. The number of aromatic nitrogens is 6. The van der Waals surface area contributed by atoms with Crippen molar-refractivity contribution in [2.75, 3.05) is 22.9 Å². The summed E-state index contributed by atoms with van der Waals surface area (Å²) < 4.78 is 0. The van der Waals surface area contributed by atoms with Gasteiger partial charge in [-0.25, -0.2) is 0 Å². The van der Waals surface area contributed by atoms with E-state index in [1.807, 2.05) is 60.7 Å². The molecule has 42 heavy (non-hydrogen) atoms. The van der Waals surface area contributed by atoms with Crippen molar-refractivity contribution in [1.29, 1.82) is 0 Å². The molecule has 0 atom stereocenters. The third kappa shape index (κ3) is 10.2. The Morgan fingerprint density at radius 1 is 0.476 bits per heavy atom. The average molecular weight is 569 g/mol. The van der Waals surface area contributed by atoms with Gasteiger partial charge in [-0.2, -0.15) is 29.9 Å². The summed E-state index contributed by atoms with van der Waals surface area (Å²) in [7, 11) is 0. The fraction of sp³-hybridized carbons (Fsp3) is 0.0714. The molecule has 0 aliphatic carbocycles. The predicted octanol–water partition coefficient (Wildman–Crippen LogP) is 2.35. The molecule has 214 valence electrons. The number of hydrogen-bond acceptors (Lipinski definition) is 12. The highest BCUT2D eigenvalue weighted by molar-refractivity contribution is 5.71. The first-order chi connectivity index (χ1) is 20.1. The summed E-state index contributed by atoms with van der Waals surface area (Å²) in [5, 5.41) is 17.0. The maximum atomic E-state index is 10.3. The number of hydrogen-bond donors (Lipinski definition) is 6. The monoisotopic (exact) mass is 568 g/mol. The van der Waals surface area contributed by atoms with Gasteiger partial charge in [0.2, 0.25) is 23.8 Å². The van der Waals surface area contributed by atoms with Crippen LogP contribution in [0.25, 0.3) is 22.8 Å². The molecule has 3 aromatic carbocycles. The molecular formula is C28H28N10O4. The molecule has 0 saturated heterocycles. The van der Waals surface area contributed by atoms with Gasteiger partial charge in [0.25, 0.3) is 0 Å². The van der Waals surface area contributed by atoms with Gasteiger partial charge < -0.3 is 33.1 Å². The number of rotatable bonds is 6. The maximum Gasteiger partial charge on any atom is 0.307 e. The minimum Gasteiger partial charge on any atom is -0.481 e. The number of aliphatic carboxylic acids is 2. The Balaban J connectivity index is 0.000000173. The Morgan fingerprint density at radius 3 is 1.02 bits per heavy atom. The van der Waals surface area contributed by atoms with Gasteiger partial charge in [0, 0.05) is 11.1 Å². The molecule has 0 bridgehead atoms. The molecular weight excluding hydrogens is 540 g/mol. The minimum absolute atomic E-state index is 0.0344. The number of anilines is 4. The van der Waals surface area contributed by atoms with Crippen molar-refractivity contribution < 1.29 is 19.8 Å². The van der Waals surface area contributed by atoms with Crippen LogP contribution < -0.4 is 22.9 Å². The number of carbonyl (C=O) groups is 2. The zero-order chi connectivity index (χ0) is 30.5. The van der Waals surface area contributed by atoms with E-state index in [2.05, 4.69) is 29.9 Å². The lowest BCUT2D eigenvalue weighted by atomic mass is 10.1. The van der Waals surface area contributed by atoms with Crippen LogP contribution in [0.3, 0.4) is 0 Å². The van der Waals surface area contributed by atoms with Crippen LogP contribution in [-0.2, 0) is 22.4 Å². The summed E-state index contributed by atoms with van der Waals surface area (Å²) in [6.07, 6.45) is -0.0687. The van der Waals surface area contributed by atoms with E-state index < -0.39 is 11.9 Å². The summed E-state index contributed by atoms with van der Waals surface area (Å²) in [6.45, 7) is 0. The summed E-state index contributed by atoms with van der Waals surface area (Å²) in [5.74, 6) is -0.251.